The van der Waals surface area contributed by atoms with Gasteiger partial charge in [0.2, 0.25) is 0 Å². The smallest absolute Gasteiger partial charge is 0.258 e. The fraction of sp³-hybridized carbons (Fsp3) is 0.824. The van der Waals surface area contributed by atoms with Crippen LogP contribution in [0.15, 0.2) is 10.9 Å². The summed E-state index contributed by atoms with van der Waals surface area (Å²) in [5.41, 5.74) is 0.268. The van der Waals surface area contributed by atoms with E-state index in [0.717, 1.165) is 0 Å². The Morgan fingerprint density at radius 3 is 1.95 bits per heavy atom. The molecule has 1 heterocycles. The number of aromatic amines is 1. The van der Waals surface area contributed by atoms with E-state index in [1.807, 2.05) is 6.07 Å². The van der Waals surface area contributed by atoms with Crippen molar-refractivity contribution in [1.29, 1.82) is 0 Å². The zero-order valence-electron chi connectivity index (χ0n) is 13.5. The van der Waals surface area contributed by atoms with E-state index >= 15 is 0 Å². The Kier molecular flexibility index (Phi) is 8.20. The van der Waals surface area contributed by atoms with Crippen LogP contribution in [-0.4, -0.2) is 4.37 Å². The first-order valence-corrected chi connectivity index (χ1v) is 9.13. The van der Waals surface area contributed by atoms with Gasteiger partial charge in [-0.25, -0.2) is 0 Å². The number of rotatable bonds is 11. The van der Waals surface area contributed by atoms with E-state index in [-0.39, 0.29) is 11.0 Å². The maximum absolute atomic E-state index is 11.4. The summed E-state index contributed by atoms with van der Waals surface area (Å²) in [5.74, 6) is 0. The summed E-state index contributed by atoms with van der Waals surface area (Å²) in [7, 11) is 0. The van der Waals surface area contributed by atoms with Crippen molar-refractivity contribution >= 4 is 11.5 Å². The van der Waals surface area contributed by atoms with Crippen molar-refractivity contribution in [2.75, 3.05) is 0 Å². The van der Waals surface area contributed by atoms with Crippen molar-refractivity contribution in [1.82, 2.24) is 4.37 Å². The van der Waals surface area contributed by atoms with Crippen molar-refractivity contribution in [3.05, 3.63) is 21.3 Å². The van der Waals surface area contributed by atoms with E-state index in [4.69, 9.17) is 0 Å². The normalized spacial score (nSPS) is 11.9. The molecule has 1 aromatic heterocycles. The molecule has 0 unspecified atom stereocenters. The van der Waals surface area contributed by atoms with Gasteiger partial charge in [0.25, 0.3) is 5.56 Å². The summed E-state index contributed by atoms with van der Waals surface area (Å²) < 4.78 is 2.86. The van der Waals surface area contributed by atoms with Gasteiger partial charge in [0, 0.05) is 16.4 Å². The van der Waals surface area contributed by atoms with Gasteiger partial charge in [-0.2, -0.15) is 0 Å². The van der Waals surface area contributed by atoms with Crippen molar-refractivity contribution in [3.63, 3.8) is 0 Å². The van der Waals surface area contributed by atoms with Crippen LogP contribution in [0.4, 0.5) is 0 Å². The molecule has 0 aliphatic rings. The molecule has 0 saturated heterocycles. The van der Waals surface area contributed by atoms with Crippen LogP contribution in [0.25, 0.3) is 0 Å². The second kappa shape index (κ2) is 9.38. The Morgan fingerprint density at radius 1 is 1.00 bits per heavy atom. The first-order valence-electron chi connectivity index (χ1n) is 8.31. The SMILES string of the molecule is CCCCCCC(C)(CCCCCC)c1cc(=O)[nH]s1. The quantitative estimate of drug-likeness (QED) is 0.527. The number of hydrogen-bond acceptors (Lipinski definition) is 2. The van der Waals surface area contributed by atoms with Crippen molar-refractivity contribution in [2.24, 2.45) is 0 Å². The Morgan fingerprint density at radius 2 is 1.55 bits per heavy atom. The topological polar surface area (TPSA) is 32.9 Å². The monoisotopic (exact) mass is 297 g/mol. The third-order valence-electron chi connectivity index (χ3n) is 4.28. The molecule has 1 rings (SSSR count). The first kappa shape index (κ1) is 17.5. The minimum absolute atomic E-state index is 0.0679. The Labute approximate surface area is 128 Å². The van der Waals surface area contributed by atoms with E-state index in [9.17, 15) is 4.79 Å². The fourth-order valence-corrected chi connectivity index (χ4v) is 3.72. The van der Waals surface area contributed by atoms with Crippen molar-refractivity contribution in [2.45, 2.75) is 90.4 Å². The van der Waals surface area contributed by atoms with Crippen LogP contribution in [0.1, 0.15) is 89.9 Å². The predicted molar refractivity (Wildman–Crippen MR) is 89.8 cm³/mol. The molecule has 0 fully saturated rings. The molecule has 3 heteroatoms. The van der Waals surface area contributed by atoms with E-state index in [0.29, 0.717) is 0 Å². The molecule has 20 heavy (non-hydrogen) atoms. The highest BCUT2D eigenvalue weighted by atomic mass is 32.1. The molecular weight excluding hydrogens is 266 g/mol. The van der Waals surface area contributed by atoms with Gasteiger partial charge in [0.05, 0.1) is 0 Å². The Balaban J connectivity index is 2.59. The molecule has 0 aliphatic heterocycles. The molecule has 1 N–H and O–H groups in total. The lowest BCUT2D eigenvalue weighted by Crippen LogP contribution is -2.21. The minimum atomic E-state index is 0.0679. The Hall–Kier alpha value is -0.570. The van der Waals surface area contributed by atoms with Gasteiger partial charge < -0.3 is 0 Å². The molecule has 0 bridgehead atoms. The molecule has 2 nitrogen and oxygen atoms in total. The number of unbranched alkanes of at least 4 members (excludes halogenated alkanes) is 6. The van der Waals surface area contributed by atoms with Crippen molar-refractivity contribution in [3.8, 4) is 0 Å². The average molecular weight is 298 g/mol. The molecule has 0 aromatic carbocycles. The second-order valence-electron chi connectivity index (χ2n) is 6.26. The van der Waals surface area contributed by atoms with Gasteiger partial charge in [0.1, 0.15) is 0 Å². The molecule has 0 radical (unpaired) electrons. The fourth-order valence-electron chi connectivity index (χ4n) is 2.84. The summed E-state index contributed by atoms with van der Waals surface area (Å²) in [6, 6.07) is 1.82. The van der Waals surface area contributed by atoms with Crippen LogP contribution < -0.4 is 5.56 Å². The second-order valence-corrected chi connectivity index (χ2v) is 7.11. The lowest BCUT2D eigenvalue weighted by Gasteiger charge is -2.28. The molecule has 116 valence electrons. The highest BCUT2D eigenvalue weighted by Crippen LogP contribution is 2.36. The third kappa shape index (κ3) is 5.82. The van der Waals surface area contributed by atoms with Crippen LogP contribution in [0, 0.1) is 0 Å². The summed E-state index contributed by atoms with van der Waals surface area (Å²) >= 11 is 1.55. The van der Waals surface area contributed by atoms with Crippen LogP contribution in [0.3, 0.4) is 0 Å². The van der Waals surface area contributed by atoms with Gasteiger partial charge in [-0.1, -0.05) is 83.7 Å². The highest BCUT2D eigenvalue weighted by molar-refractivity contribution is 7.05. The minimum Gasteiger partial charge on any atom is -0.278 e. The van der Waals surface area contributed by atoms with Crippen molar-refractivity contribution < 1.29 is 0 Å². The third-order valence-corrected chi connectivity index (χ3v) is 5.42. The lowest BCUT2D eigenvalue weighted by atomic mass is 9.78. The molecule has 0 aliphatic carbocycles. The molecule has 0 spiro atoms. The highest BCUT2D eigenvalue weighted by Gasteiger charge is 2.27. The van der Waals surface area contributed by atoms with E-state index in [1.54, 1.807) is 11.5 Å². The van der Waals surface area contributed by atoms with E-state index in [2.05, 4.69) is 25.1 Å². The van der Waals surface area contributed by atoms with Gasteiger partial charge in [-0.3, -0.25) is 9.17 Å². The number of aromatic nitrogens is 1. The van der Waals surface area contributed by atoms with Crippen LogP contribution >= 0.6 is 11.5 Å². The van der Waals surface area contributed by atoms with Gasteiger partial charge in [-0.05, 0) is 12.8 Å². The number of hydrogen-bond donors (Lipinski definition) is 1. The summed E-state index contributed by atoms with van der Waals surface area (Å²) in [6.07, 6.45) is 12.9. The lowest BCUT2D eigenvalue weighted by molar-refractivity contribution is 0.370. The molecule has 0 saturated carbocycles. The average Bonchev–Trinajstić information content (AvgIpc) is 2.87. The molecule has 0 amide bonds. The number of nitrogens with one attached hydrogen (secondary N) is 1. The van der Waals surface area contributed by atoms with Crippen LogP contribution in [0.5, 0.6) is 0 Å². The van der Waals surface area contributed by atoms with E-state index < -0.39 is 0 Å². The molecule has 0 atom stereocenters. The maximum Gasteiger partial charge on any atom is 0.258 e. The summed E-state index contributed by atoms with van der Waals surface area (Å²) in [5, 5.41) is 0. The van der Waals surface area contributed by atoms with Gasteiger partial charge >= 0.3 is 0 Å². The van der Waals surface area contributed by atoms with Gasteiger partial charge in [0.15, 0.2) is 0 Å². The van der Waals surface area contributed by atoms with Crippen LogP contribution in [0.2, 0.25) is 0 Å². The summed E-state index contributed by atoms with van der Waals surface area (Å²) in [4.78, 5) is 12.7. The van der Waals surface area contributed by atoms with E-state index in [1.165, 1.54) is 69.1 Å². The molecular formula is C17H31NOS. The standard InChI is InChI=1S/C17H31NOS/c1-4-6-8-10-12-17(3,13-11-9-7-5-2)15-14-16(19)18-20-15/h14H,4-13H2,1-3H3,(H,18,19). The Bertz CT molecular complexity index is 395. The zero-order valence-corrected chi connectivity index (χ0v) is 14.3. The molecule has 1 aromatic rings. The largest absolute Gasteiger partial charge is 0.278 e. The zero-order chi connectivity index (χ0) is 14.8. The predicted octanol–water partition coefficient (Wildman–Crippen LogP) is 5.63. The summed E-state index contributed by atoms with van der Waals surface area (Å²) in [6.45, 7) is 6.85. The number of H-pyrrole nitrogens is 1. The van der Waals surface area contributed by atoms with Crippen LogP contribution in [-0.2, 0) is 5.41 Å². The first-order chi connectivity index (χ1) is 9.62. The van der Waals surface area contributed by atoms with Gasteiger partial charge in [-0.15, -0.1) is 0 Å². The maximum atomic E-state index is 11.4.